The van der Waals surface area contributed by atoms with E-state index in [4.69, 9.17) is 4.74 Å². The van der Waals surface area contributed by atoms with E-state index in [-0.39, 0.29) is 17.9 Å². The second-order valence-electron chi connectivity index (χ2n) is 9.37. The zero-order chi connectivity index (χ0) is 22.5. The monoisotopic (exact) mass is 436 g/mol. The Morgan fingerprint density at radius 1 is 0.844 bits per heavy atom. The summed E-state index contributed by atoms with van der Waals surface area (Å²) in [7, 11) is 0. The molecule has 2 saturated carbocycles. The number of halogens is 2. The van der Waals surface area contributed by atoms with E-state index >= 15 is 0 Å². The Labute approximate surface area is 191 Å². The summed E-state index contributed by atoms with van der Waals surface area (Å²) >= 11 is 0. The summed E-state index contributed by atoms with van der Waals surface area (Å²) in [5.41, 5.74) is 2.30. The molecule has 0 bridgehead atoms. The predicted octanol–water partition coefficient (Wildman–Crippen LogP) is 8.46. The zero-order valence-electron chi connectivity index (χ0n) is 19.2. The molecule has 2 aromatic rings. The molecule has 0 N–H and O–H groups in total. The van der Waals surface area contributed by atoms with Crippen molar-refractivity contribution in [1.29, 1.82) is 0 Å². The van der Waals surface area contributed by atoms with E-state index in [2.05, 4.69) is 31.2 Å². The van der Waals surface area contributed by atoms with E-state index in [0.29, 0.717) is 11.5 Å². The van der Waals surface area contributed by atoms with Crippen molar-refractivity contribution in [3.63, 3.8) is 0 Å². The van der Waals surface area contributed by atoms with E-state index < -0.39 is 11.6 Å². The number of rotatable bonds is 6. The van der Waals surface area contributed by atoms with Crippen LogP contribution in [0.3, 0.4) is 0 Å². The molecular weight excluding hydrogens is 402 g/mol. The standard InChI is InChI=1S/C29H34F2O/c1-3-5-17-32-27-16-15-26(28(30)29(27)31)22-11-9-21(10-12-22)24-14-13-23-18-20(6-4-2)7-8-25(23)19-24/h3-6,9-12,15-16,20,23-25H,7-8,13-14,17-19H2,1-2H3/b5-3+,6-4+. The first-order valence-corrected chi connectivity index (χ1v) is 12.1. The lowest BCUT2D eigenvalue weighted by Crippen LogP contribution is -2.30. The fraction of sp³-hybridized carbons (Fsp3) is 0.448. The second-order valence-corrected chi connectivity index (χ2v) is 9.37. The maximum absolute atomic E-state index is 14.7. The maximum atomic E-state index is 14.7. The molecule has 2 aromatic carbocycles. The fourth-order valence-electron chi connectivity index (χ4n) is 5.71. The van der Waals surface area contributed by atoms with Gasteiger partial charge < -0.3 is 4.74 Å². The van der Waals surface area contributed by atoms with Crippen LogP contribution in [0.4, 0.5) is 8.78 Å². The second kappa shape index (κ2) is 10.5. The van der Waals surface area contributed by atoms with Crippen LogP contribution >= 0.6 is 0 Å². The Morgan fingerprint density at radius 3 is 2.34 bits per heavy atom. The summed E-state index contributed by atoms with van der Waals surface area (Å²) in [6, 6.07) is 11.2. The molecule has 32 heavy (non-hydrogen) atoms. The summed E-state index contributed by atoms with van der Waals surface area (Å²) in [5.74, 6) is 1.21. The summed E-state index contributed by atoms with van der Waals surface area (Å²) < 4.78 is 34.5. The summed E-state index contributed by atoms with van der Waals surface area (Å²) in [5, 5.41) is 0. The van der Waals surface area contributed by atoms with Crippen molar-refractivity contribution in [3.05, 3.63) is 77.9 Å². The highest BCUT2D eigenvalue weighted by molar-refractivity contribution is 5.65. The van der Waals surface area contributed by atoms with Crippen molar-refractivity contribution >= 4 is 0 Å². The number of benzene rings is 2. The minimum atomic E-state index is -0.928. The van der Waals surface area contributed by atoms with Gasteiger partial charge in [0.2, 0.25) is 5.82 Å². The summed E-state index contributed by atoms with van der Waals surface area (Å²) in [6.07, 6.45) is 16.0. The van der Waals surface area contributed by atoms with Crippen LogP contribution in [0.15, 0.2) is 60.7 Å². The fourth-order valence-corrected chi connectivity index (χ4v) is 5.71. The van der Waals surface area contributed by atoms with Crippen molar-refractivity contribution < 1.29 is 13.5 Å². The van der Waals surface area contributed by atoms with Gasteiger partial charge in [-0.25, -0.2) is 4.39 Å². The third-order valence-corrected chi connectivity index (χ3v) is 7.43. The molecule has 0 heterocycles. The molecule has 4 unspecified atom stereocenters. The Morgan fingerprint density at radius 2 is 1.59 bits per heavy atom. The van der Waals surface area contributed by atoms with Crippen molar-refractivity contribution in [3.8, 4) is 16.9 Å². The molecule has 0 spiro atoms. The van der Waals surface area contributed by atoms with E-state index in [0.717, 1.165) is 17.8 Å². The first-order valence-electron chi connectivity index (χ1n) is 12.1. The van der Waals surface area contributed by atoms with Crippen LogP contribution in [0.25, 0.3) is 11.1 Å². The molecule has 2 aliphatic carbocycles. The van der Waals surface area contributed by atoms with Gasteiger partial charge in [0, 0.05) is 5.56 Å². The van der Waals surface area contributed by atoms with Gasteiger partial charge in [-0.2, -0.15) is 4.39 Å². The van der Waals surface area contributed by atoms with Gasteiger partial charge in [-0.05, 0) is 99.3 Å². The third-order valence-electron chi connectivity index (χ3n) is 7.43. The minimum absolute atomic E-state index is 0.0538. The Bertz CT molecular complexity index is 960. The smallest absolute Gasteiger partial charge is 0.201 e. The molecular formula is C29H34F2O. The van der Waals surface area contributed by atoms with Gasteiger partial charge in [-0.1, -0.05) is 48.6 Å². The largest absolute Gasteiger partial charge is 0.486 e. The van der Waals surface area contributed by atoms with Gasteiger partial charge in [0.05, 0.1) is 0 Å². The van der Waals surface area contributed by atoms with Crippen molar-refractivity contribution in [2.24, 2.45) is 17.8 Å². The topological polar surface area (TPSA) is 9.23 Å². The van der Waals surface area contributed by atoms with Gasteiger partial charge in [0.15, 0.2) is 11.6 Å². The number of hydrogen-bond donors (Lipinski definition) is 0. The van der Waals surface area contributed by atoms with Crippen LogP contribution in [0.1, 0.15) is 63.9 Å². The van der Waals surface area contributed by atoms with Crippen molar-refractivity contribution in [1.82, 2.24) is 0 Å². The summed E-state index contributed by atoms with van der Waals surface area (Å²) in [6.45, 7) is 4.20. The molecule has 1 nitrogen and oxygen atoms in total. The third kappa shape index (κ3) is 4.98. The van der Waals surface area contributed by atoms with E-state index in [1.54, 1.807) is 12.1 Å². The lowest BCUT2D eigenvalue weighted by molar-refractivity contribution is 0.133. The van der Waals surface area contributed by atoms with Crippen LogP contribution in [-0.2, 0) is 0 Å². The normalized spacial score (nSPS) is 25.9. The van der Waals surface area contributed by atoms with E-state index in [1.165, 1.54) is 50.2 Å². The highest BCUT2D eigenvalue weighted by Crippen LogP contribution is 2.48. The van der Waals surface area contributed by atoms with Crippen LogP contribution in [0, 0.1) is 29.4 Å². The van der Waals surface area contributed by atoms with Gasteiger partial charge in [0.25, 0.3) is 0 Å². The van der Waals surface area contributed by atoms with Crippen LogP contribution < -0.4 is 4.74 Å². The highest BCUT2D eigenvalue weighted by Gasteiger charge is 2.35. The first kappa shape index (κ1) is 22.8. The number of fused-ring (bicyclic) bond motifs is 1. The molecule has 3 heteroatoms. The molecule has 0 saturated heterocycles. The van der Waals surface area contributed by atoms with Crippen LogP contribution in [0.5, 0.6) is 5.75 Å². The van der Waals surface area contributed by atoms with Crippen molar-refractivity contribution in [2.45, 2.75) is 58.3 Å². The number of ether oxygens (including phenoxy) is 1. The van der Waals surface area contributed by atoms with Gasteiger partial charge in [-0.15, -0.1) is 0 Å². The molecule has 0 aromatic heterocycles. The average Bonchev–Trinajstić information content (AvgIpc) is 2.82. The average molecular weight is 437 g/mol. The molecule has 170 valence electrons. The predicted molar refractivity (Wildman–Crippen MR) is 128 cm³/mol. The number of allylic oxidation sites excluding steroid dienone is 3. The van der Waals surface area contributed by atoms with Crippen LogP contribution in [0.2, 0.25) is 0 Å². The van der Waals surface area contributed by atoms with Gasteiger partial charge in [-0.3, -0.25) is 0 Å². The Kier molecular flexibility index (Phi) is 7.44. The SMILES string of the molecule is C/C=C/COc1ccc(-c2ccc(C3CCC4CC(/C=C/C)CCC4C3)cc2)c(F)c1F. The quantitative estimate of drug-likeness (QED) is 0.413. The molecule has 2 aliphatic rings. The highest BCUT2D eigenvalue weighted by atomic mass is 19.2. The zero-order valence-corrected chi connectivity index (χ0v) is 19.2. The van der Waals surface area contributed by atoms with E-state index in [1.807, 2.05) is 25.1 Å². The molecule has 0 radical (unpaired) electrons. The Hall–Kier alpha value is -2.42. The van der Waals surface area contributed by atoms with Gasteiger partial charge in [0.1, 0.15) is 6.61 Å². The molecule has 0 aliphatic heterocycles. The molecule has 4 atom stereocenters. The Balaban J connectivity index is 1.43. The molecule has 2 fully saturated rings. The van der Waals surface area contributed by atoms with Crippen molar-refractivity contribution in [2.75, 3.05) is 6.61 Å². The molecule has 4 rings (SSSR count). The van der Waals surface area contributed by atoms with Gasteiger partial charge >= 0.3 is 0 Å². The summed E-state index contributed by atoms with van der Waals surface area (Å²) in [4.78, 5) is 0. The minimum Gasteiger partial charge on any atom is -0.486 e. The maximum Gasteiger partial charge on any atom is 0.201 e. The van der Waals surface area contributed by atoms with Crippen LogP contribution in [-0.4, -0.2) is 6.61 Å². The lowest BCUT2D eigenvalue weighted by Gasteiger charge is -2.41. The molecule has 0 amide bonds. The van der Waals surface area contributed by atoms with E-state index in [9.17, 15) is 8.78 Å². The lowest BCUT2D eigenvalue weighted by atomic mass is 9.64. The number of hydrogen-bond acceptors (Lipinski definition) is 1. The first-order chi connectivity index (χ1) is 15.6.